The highest BCUT2D eigenvalue weighted by molar-refractivity contribution is 5.89. The molecule has 0 aromatic rings. The van der Waals surface area contributed by atoms with Crippen molar-refractivity contribution >= 4 is 17.9 Å². The fourth-order valence-electron chi connectivity index (χ4n) is 1.86. The highest BCUT2D eigenvalue weighted by Gasteiger charge is 2.38. The molecule has 0 spiro atoms. The highest BCUT2D eigenvalue weighted by atomic mass is 16.4. The number of carboxylic acids is 1. The monoisotopic (exact) mass is 257 g/mol. The van der Waals surface area contributed by atoms with Gasteiger partial charge in [0.05, 0.1) is 5.92 Å². The van der Waals surface area contributed by atoms with E-state index in [1.54, 1.807) is 6.92 Å². The Bertz CT molecular complexity index is 380. The smallest absolute Gasteiger partial charge is 0.318 e. The van der Waals surface area contributed by atoms with Gasteiger partial charge >= 0.3 is 12.0 Å². The van der Waals surface area contributed by atoms with Crippen LogP contribution in [0.1, 0.15) is 20.8 Å². The maximum Gasteiger partial charge on any atom is 0.318 e. The van der Waals surface area contributed by atoms with E-state index >= 15 is 0 Å². The Morgan fingerprint density at radius 2 is 1.89 bits per heavy atom. The number of amides is 3. The average Bonchev–Trinajstić information content (AvgIpc) is 2.59. The third-order valence-corrected chi connectivity index (χ3v) is 3.25. The lowest BCUT2D eigenvalue weighted by Crippen LogP contribution is -2.56. The molecule has 18 heavy (non-hydrogen) atoms. The third-order valence-electron chi connectivity index (χ3n) is 3.25. The van der Waals surface area contributed by atoms with E-state index in [0.29, 0.717) is 6.54 Å². The van der Waals surface area contributed by atoms with Crippen LogP contribution in [0.4, 0.5) is 4.79 Å². The molecule has 1 aliphatic rings. The summed E-state index contributed by atoms with van der Waals surface area (Å²) in [6, 6.07) is -0.464. The Morgan fingerprint density at radius 3 is 2.28 bits per heavy atom. The first-order valence-electron chi connectivity index (χ1n) is 5.75. The molecule has 1 rings (SSSR count). The topological polar surface area (TPSA) is 113 Å². The molecule has 0 aromatic heterocycles. The van der Waals surface area contributed by atoms with Gasteiger partial charge in [0.25, 0.3) is 0 Å². The number of nitrogens with zero attached hydrogens (tertiary/aromatic N) is 1. The van der Waals surface area contributed by atoms with Crippen LogP contribution < -0.4 is 11.1 Å². The summed E-state index contributed by atoms with van der Waals surface area (Å²) < 4.78 is 0. The van der Waals surface area contributed by atoms with Crippen molar-refractivity contribution < 1.29 is 19.5 Å². The number of rotatable bonds is 3. The van der Waals surface area contributed by atoms with Crippen molar-refractivity contribution in [3.63, 3.8) is 0 Å². The largest absolute Gasteiger partial charge is 0.481 e. The first-order valence-corrected chi connectivity index (χ1v) is 5.75. The summed E-state index contributed by atoms with van der Waals surface area (Å²) in [4.78, 5) is 35.3. The molecule has 0 saturated carbocycles. The second kappa shape index (κ2) is 4.83. The molecule has 2 unspecified atom stereocenters. The Morgan fingerprint density at radius 1 is 1.33 bits per heavy atom. The van der Waals surface area contributed by atoms with Crippen molar-refractivity contribution in [2.24, 2.45) is 17.6 Å². The predicted octanol–water partition coefficient (Wildman–Crippen LogP) is -0.388. The van der Waals surface area contributed by atoms with Crippen LogP contribution in [0.2, 0.25) is 0 Å². The lowest BCUT2D eigenvalue weighted by Gasteiger charge is -2.26. The number of carbonyl (C=O) groups excluding carboxylic acids is 2. The first-order chi connectivity index (χ1) is 8.15. The van der Waals surface area contributed by atoms with E-state index in [9.17, 15) is 14.4 Å². The SMILES string of the molecule is CC1CN(C(=O)NC(C)(C)C(N)=O)CC1C(=O)O. The van der Waals surface area contributed by atoms with Gasteiger partial charge in [-0.3, -0.25) is 9.59 Å². The van der Waals surface area contributed by atoms with Gasteiger partial charge < -0.3 is 21.1 Å². The van der Waals surface area contributed by atoms with E-state index in [-0.39, 0.29) is 12.5 Å². The maximum atomic E-state index is 11.9. The molecule has 2 atom stereocenters. The Hall–Kier alpha value is -1.79. The molecule has 0 bridgehead atoms. The molecule has 1 aliphatic heterocycles. The van der Waals surface area contributed by atoms with Crippen LogP contribution in [0.25, 0.3) is 0 Å². The van der Waals surface area contributed by atoms with Crippen molar-refractivity contribution in [1.82, 2.24) is 10.2 Å². The molecule has 0 aliphatic carbocycles. The zero-order valence-electron chi connectivity index (χ0n) is 10.8. The minimum atomic E-state index is -1.15. The highest BCUT2D eigenvalue weighted by Crippen LogP contribution is 2.23. The summed E-state index contributed by atoms with van der Waals surface area (Å²) in [6.45, 7) is 5.29. The van der Waals surface area contributed by atoms with Crippen LogP contribution in [0.15, 0.2) is 0 Å². The van der Waals surface area contributed by atoms with E-state index in [2.05, 4.69) is 5.32 Å². The minimum Gasteiger partial charge on any atom is -0.481 e. The van der Waals surface area contributed by atoms with Gasteiger partial charge in [-0.1, -0.05) is 6.92 Å². The van der Waals surface area contributed by atoms with Crippen molar-refractivity contribution in [1.29, 1.82) is 0 Å². The van der Waals surface area contributed by atoms with E-state index in [0.717, 1.165) is 0 Å². The summed E-state index contributed by atoms with van der Waals surface area (Å²) >= 11 is 0. The molecule has 7 heteroatoms. The number of primary amides is 1. The van der Waals surface area contributed by atoms with Gasteiger partial charge in [0, 0.05) is 13.1 Å². The summed E-state index contributed by atoms with van der Waals surface area (Å²) in [5.41, 5.74) is 4.00. The number of hydrogen-bond acceptors (Lipinski definition) is 3. The molecule has 1 fully saturated rings. The molecule has 0 radical (unpaired) electrons. The van der Waals surface area contributed by atoms with E-state index in [4.69, 9.17) is 10.8 Å². The maximum absolute atomic E-state index is 11.9. The summed E-state index contributed by atoms with van der Waals surface area (Å²) in [5.74, 6) is -2.22. The predicted molar refractivity (Wildman–Crippen MR) is 63.7 cm³/mol. The fraction of sp³-hybridized carbons (Fsp3) is 0.727. The van der Waals surface area contributed by atoms with Gasteiger partial charge in [-0.15, -0.1) is 0 Å². The zero-order valence-corrected chi connectivity index (χ0v) is 10.8. The Labute approximate surface area is 105 Å². The second-order valence-electron chi connectivity index (χ2n) is 5.25. The number of likely N-dealkylation sites (tertiary alicyclic amines) is 1. The van der Waals surface area contributed by atoms with Crippen LogP contribution in [0.3, 0.4) is 0 Å². The second-order valence-corrected chi connectivity index (χ2v) is 5.25. The average molecular weight is 257 g/mol. The van der Waals surface area contributed by atoms with Gasteiger partial charge in [0.1, 0.15) is 5.54 Å². The van der Waals surface area contributed by atoms with E-state index in [1.165, 1.54) is 18.7 Å². The number of nitrogens with one attached hydrogen (secondary N) is 1. The van der Waals surface area contributed by atoms with Gasteiger partial charge in [0.2, 0.25) is 5.91 Å². The number of urea groups is 1. The number of nitrogens with two attached hydrogens (primary N) is 1. The van der Waals surface area contributed by atoms with E-state index in [1.807, 2.05) is 0 Å². The lowest BCUT2D eigenvalue weighted by atomic mass is 9.99. The minimum absolute atomic E-state index is 0.107. The summed E-state index contributed by atoms with van der Waals surface area (Å²) in [7, 11) is 0. The number of carboxylic acid groups (broad SMARTS) is 1. The lowest BCUT2D eigenvalue weighted by molar-refractivity contribution is -0.142. The molecule has 4 N–H and O–H groups in total. The Kier molecular flexibility index (Phi) is 3.83. The molecular weight excluding hydrogens is 238 g/mol. The third kappa shape index (κ3) is 2.91. The van der Waals surface area contributed by atoms with Crippen LogP contribution in [-0.4, -0.2) is 46.5 Å². The molecule has 7 nitrogen and oxygen atoms in total. The number of carbonyl (C=O) groups is 3. The van der Waals surface area contributed by atoms with Crippen LogP contribution in [-0.2, 0) is 9.59 Å². The standard InChI is InChI=1S/C11H19N3O4/c1-6-4-14(5-7(6)8(15)16)10(18)13-11(2,3)9(12)17/h6-7H,4-5H2,1-3H3,(H2,12,17)(H,13,18)(H,15,16). The van der Waals surface area contributed by atoms with Crippen molar-refractivity contribution in [3.8, 4) is 0 Å². The van der Waals surface area contributed by atoms with Gasteiger partial charge in [0.15, 0.2) is 0 Å². The molecule has 1 heterocycles. The first kappa shape index (κ1) is 14.3. The van der Waals surface area contributed by atoms with E-state index < -0.39 is 29.4 Å². The van der Waals surface area contributed by atoms with Gasteiger partial charge in [-0.05, 0) is 19.8 Å². The number of aliphatic carboxylic acids is 1. The quantitative estimate of drug-likeness (QED) is 0.639. The molecular formula is C11H19N3O4. The van der Waals surface area contributed by atoms with Crippen LogP contribution in [0, 0.1) is 11.8 Å². The summed E-state index contributed by atoms with van der Waals surface area (Å²) in [6.07, 6.45) is 0. The molecule has 3 amide bonds. The Balaban J connectivity index is 2.66. The normalized spacial score (nSPS) is 23.8. The van der Waals surface area contributed by atoms with Crippen molar-refractivity contribution in [3.05, 3.63) is 0 Å². The molecule has 1 saturated heterocycles. The fourth-order valence-corrected chi connectivity index (χ4v) is 1.86. The zero-order chi connectivity index (χ0) is 14.1. The van der Waals surface area contributed by atoms with Crippen molar-refractivity contribution in [2.75, 3.05) is 13.1 Å². The number of hydrogen-bond donors (Lipinski definition) is 3. The van der Waals surface area contributed by atoms with Gasteiger partial charge in [-0.25, -0.2) is 4.79 Å². The molecule has 0 aromatic carbocycles. The van der Waals surface area contributed by atoms with Crippen LogP contribution >= 0.6 is 0 Å². The summed E-state index contributed by atoms with van der Waals surface area (Å²) in [5, 5.41) is 11.5. The van der Waals surface area contributed by atoms with Crippen LogP contribution in [0.5, 0.6) is 0 Å². The van der Waals surface area contributed by atoms with Gasteiger partial charge in [-0.2, -0.15) is 0 Å². The van der Waals surface area contributed by atoms with Crippen molar-refractivity contribution in [2.45, 2.75) is 26.3 Å². The molecule has 102 valence electrons.